The van der Waals surface area contributed by atoms with Gasteiger partial charge in [0, 0.05) is 25.2 Å². The first-order valence-corrected chi connectivity index (χ1v) is 6.20. The van der Waals surface area contributed by atoms with Crippen LogP contribution in [-0.2, 0) is 16.1 Å². The standard InChI is InChI=1S/C13H17N3O3/c14-5-6-15-12(17)13(18)16-7-8-19-11-4-2-1-3-10(11)9-16/h1-4H,5-9,14H2,(H,15,17). The van der Waals surface area contributed by atoms with Crippen LogP contribution in [0, 0.1) is 0 Å². The SMILES string of the molecule is NCCNC(=O)C(=O)N1CCOc2ccccc2C1. The summed E-state index contributed by atoms with van der Waals surface area (Å²) in [5.74, 6) is -0.404. The minimum Gasteiger partial charge on any atom is -0.491 e. The number of amides is 2. The first-order valence-electron chi connectivity index (χ1n) is 6.20. The summed E-state index contributed by atoms with van der Waals surface area (Å²) in [6.45, 7) is 1.76. The molecule has 2 rings (SSSR count). The molecular formula is C13H17N3O3. The van der Waals surface area contributed by atoms with Crippen molar-refractivity contribution in [3.63, 3.8) is 0 Å². The van der Waals surface area contributed by atoms with Crippen molar-refractivity contribution < 1.29 is 14.3 Å². The zero-order chi connectivity index (χ0) is 13.7. The number of para-hydroxylation sites is 1. The van der Waals surface area contributed by atoms with E-state index in [0.29, 0.717) is 32.8 Å². The van der Waals surface area contributed by atoms with Crippen LogP contribution in [0.15, 0.2) is 24.3 Å². The molecule has 0 aliphatic carbocycles. The van der Waals surface area contributed by atoms with Gasteiger partial charge < -0.3 is 20.7 Å². The van der Waals surface area contributed by atoms with Gasteiger partial charge in [-0.15, -0.1) is 0 Å². The van der Waals surface area contributed by atoms with Gasteiger partial charge in [0.1, 0.15) is 12.4 Å². The maximum absolute atomic E-state index is 12.0. The third-order valence-electron chi connectivity index (χ3n) is 2.86. The Balaban J connectivity index is 2.05. The molecule has 6 heteroatoms. The number of nitrogens with two attached hydrogens (primary N) is 1. The van der Waals surface area contributed by atoms with Crippen molar-refractivity contribution in [2.75, 3.05) is 26.2 Å². The molecule has 0 fully saturated rings. The van der Waals surface area contributed by atoms with E-state index in [4.69, 9.17) is 10.5 Å². The molecule has 6 nitrogen and oxygen atoms in total. The van der Waals surface area contributed by atoms with E-state index in [0.717, 1.165) is 11.3 Å². The van der Waals surface area contributed by atoms with E-state index >= 15 is 0 Å². The van der Waals surface area contributed by atoms with Crippen molar-refractivity contribution in [2.45, 2.75) is 6.54 Å². The summed E-state index contributed by atoms with van der Waals surface area (Å²) in [6, 6.07) is 7.51. The third kappa shape index (κ3) is 3.23. The Morgan fingerprint density at radius 1 is 1.37 bits per heavy atom. The minimum atomic E-state index is -0.621. The highest BCUT2D eigenvalue weighted by atomic mass is 16.5. The highest BCUT2D eigenvalue weighted by Gasteiger charge is 2.24. The number of rotatable bonds is 2. The van der Waals surface area contributed by atoms with Gasteiger partial charge in [-0.05, 0) is 6.07 Å². The Labute approximate surface area is 111 Å². The van der Waals surface area contributed by atoms with Crippen molar-refractivity contribution in [3.05, 3.63) is 29.8 Å². The summed E-state index contributed by atoms with van der Waals surface area (Å²) in [5, 5.41) is 2.48. The van der Waals surface area contributed by atoms with Crippen LogP contribution in [0.2, 0.25) is 0 Å². The zero-order valence-corrected chi connectivity index (χ0v) is 10.6. The first-order chi connectivity index (χ1) is 9.22. The lowest BCUT2D eigenvalue weighted by Crippen LogP contribution is -2.44. The van der Waals surface area contributed by atoms with Crippen LogP contribution in [0.1, 0.15) is 5.56 Å². The van der Waals surface area contributed by atoms with Crippen LogP contribution in [-0.4, -0.2) is 43.0 Å². The van der Waals surface area contributed by atoms with E-state index in [9.17, 15) is 9.59 Å². The summed E-state index contributed by atoms with van der Waals surface area (Å²) in [5.41, 5.74) is 6.19. The van der Waals surface area contributed by atoms with Crippen molar-refractivity contribution in [2.24, 2.45) is 5.73 Å². The number of carbonyl (C=O) groups excluding carboxylic acids is 2. The maximum atomic E-state index is 12.0. The molecule has 102 valence electrons. The normalized spacial score (nSPS) is 14.1. The largest absolute Gasteiger partial charge is 0.491 e. The van der Waals surface area contributed by atoms with Crippen molar-refractivity contribution in [1.29, 1.82) is 0 Å². The number of benzene rings is 1. The van der Waals surface area contributed by atoms with Gasteiger partial charge in [0.25, 0.3) is 0 Å². The lowest BCUT2D eigenvalue weighted by molar-refractivity contribution is -0.146. The van der Waals surface area contributed by atoms with E-state index in [1.165, 1.54) is 4.90 Å². The molecule has 1 aromatic rings. The molecule has 0 saturated carbocycles. The number of ether oxygens (including phenoxy) is 1. The van der Waals surface area contributed by atoms with Gasteiger partial charge in [0.05, 0.1) is 6.54 Å². The average Bonchev–Trinajstić information content (AvgIpc) is 2.66. The molecule has 0 saturated heterocycles. The second kappa shape index (κ2) is 6.19. The summed E-state index contributed by atoms with van der Waals surface area (Å²) in [6.07, 6.45) is 0. The fourth-order valence-corrected chi connectivity index (χ4v) is 1.90. The molecule has 2 amide bonds. The van der Waals surface area contributed by atoms with E-state index in [1.807, 2.05) is 24.3 Å². The van der Waals surface area contributed by atoms with Crippen molar-refractivity contribution in [3.8, 4) is 5.75 Å². The van der Waals surface area contributed by atoms with Crippen LogP contribution in [0.3, 0.4) is 0 Å². The van der Waals surface area contributed by atoms with Gasteiger partial charge in [-0.25, -0.2) is 0 Å². The molecule has 0 bridgehead atoms. The Hall–Kier alpha value is -2.08. The third-order valence-corrected chi connectivity index (χ3v) is 2.86. The van der Waals surface area contributed by atoms with Crippen LogP contribution in [0.4, 0.5) is 0 Å². The molecule has 1 aliphatic heterocycles. The summed E-state index contributed by atoms with van der Waals surface area (Å²) in [4.78, 5) is 25.1. The number of nitrogens with zero attached hydrogens (tertiary/aromatic N) is 1. The fraction of sp³-hybridized carbons (Fsp3) is 0.385. The minimum absolute atomic E-state index is 0.297. The van der Waals surface area contributed by atoms with Crippen LogP contribution < -0.4 is 15.8 Å². The number of fused-ring (bicyclic) bond motifs is 1. The van der Waals surface area contributed by atoms with Crippen molar-refractivity contribution in [1.82, 2.24) is 10.2 Å². The Morgan fingerprint density at radius 2 is 2.16 bits per heavy atom. The molecular weight excluding hydrogens is 246 g/mol. The number of hydrogen-bond donors (Lipinski definition) is 2. The number of hydrogen-bond acceptors (Lipinski definition) is 4. The van der Waals surface area contributed by atoms with E-state index in [1.54, 1.807) is 0 Å². The van der Waals surface area contributed by atoms with E-state index < -0.39 is 11.8 Å². The van der Waals surface area contributed by atoms with Crippen LogP contribution in [0.5, 0.6) is 5.75 Å². The van der Waals surface area contributed by atoms with Gasteiger partial charge >= 0.3 is 11.8 Å². The number of carbonyl (C=O) groups is 2. The van der Waals surface area contributed by atoms with Crippen molar-refractivity contribution >= 4 is 11.8 Å². The zero-order valence-electron chi connectivity index (χ0n) is 10.6. The van der Waals surface area contributed by atoms with Crippen LogP contribution >= 0.6 is 0 Å². The fourth-order valence-electron chi connectivity index (χ4n) is 1.90. The quantitative estimate of drug-likeness (QED) is 0.703. The maximum Gasteiger partial charge on any atom is 0.312 e. The Bertz CT molecular complexity index is 476. The van der Waals surface area contributed by atoms with Crippen LogP contribution in [0.25, 0.3) is 0 Å². The second-order valence-electron chi connectivity index (χ2n) is 4.23. The predicted octanol–water partition coefficient (Wildman–Crippen LogP) is -0.517. The predicted molar refractivity (Wildman–Crippen MR) is 69.4 cm³/mol. The molecule has 3 N–H and O–H groups in total. The lowest BCUT2D eigenvalue weighted by Gasteiger charge is -2.18. The molecule has 1 aromatic carbocycles. The molecule has 0 atom stereocenters. The van der Waals surface area contributed by atoms with Gasteiger partial charge in [-0.1, -0.05) is 18.2 Å². The van der Waals surface area contributed by atoms with Gasteiger partial charge in [0.15, 0.2) is 0 Å². The summed E-state index contributed by atoms with van der Waals surface area (Å²) < 4.78 is 5.54. The molecule has 0 unspecified atom stereocenters. The Kier molecular flexibility index (Phi) is 4.35. The van der Waals surface area contributed by atoms with Gasteiger partial charge in [-0.2, -0.15) is 0 Å². The van der Waals surface area contributed by atoms with Gasteiger partial charge in [0.2, 0.25) is 0 Å². The second-order valence-corrected chi connectivity index (χ2v) is 4.23. The molecule has 0 spiro atoms. The summed E-state index contributed by atoms with van der Waals surface area (Å²) in [7, 11) is 0. The van der Waals surface area contributed by atoms with E-state index in [-0.39, 0.29) is 0 Å². The monoisotopic (exact) mass is 263 g/mol. The van der Waals surface area contributed by atoms with Gasteiger partial charge in [-0.3, -0.25) is 9.59 Å². The molecule has 1 aliphatic rings. The molecule has 1 heterocycles. The molecule has 19 heavy (non-hydrogen) atoms. The highest BCUT2D eigenvalue weighted by molar-refractivity contribution is 6.34. The average molecular weight is 263 g/mol. The summed E-state index contributed by atoms with van der Waals surface area (Å²) >= 11 is 0. The number of nitrogens with one attached hydrogen (secondary N) is 1. The van der Waals surface area contributed by atoms with E-state index in [2.05, 4.69) is 5.32 Å². The molecule has 0 aromatic heterocycles. The topological polar surface area (TPSA) is 84.7 Å². The lowest BCUT2D eigenvalue weighted by atomic mass is 10.2. The molecule has 0 radical (unpaired) electrons. The first kappa shape index (κ1) is 13.4. The smallest absolute Gasteiger partial charge is 0.312 e. The Morgan fingerprint density at radius 3 is 2.95 bits per heavy atom. The highest BCUT2D eigenvalue weighted by Crippen LogP contribution is 2.22.